The molecule has 0 saturated carbocycles. The second kappa shape index (κ2) is 5.78. The summed E-state index contributed by atoms with van der Waals surface area (Å²) in [7, 11) is 0. The van der Waals surface area contributed by atoms with Crippen molar-refractivity contribution >= 4 is 23.3 Å². The standard InChI is InChI=1S/C11H17N3S/c1-8-3-4-10(5-9(8)6-12)14-11(13)7-15-2/h3-5H,6-7,12H2,1-2H3,(H2,13,14). The van der Waals surface area contributed by atoms with Crippen molar-refractivity contribution in [2.45, 2.75) is 13.5 Å². The van der Waals surface area contributed by atoms with Crippen molar-refractivity contribution in [1.82, 2.24) is 0 Å². The Kier molecular flexibility index (Phi) is 4.65. The van der Waals surface area contributed by atoms with Gasteiger partial charge in [-0.1, -0.05) is 6.07 Å². The van der Waals surface area contributed by atoms with E-state index >= 15 is 0 Å². The molecule has 82 valence electrons. The average molecular weight is 223 g/mol. The van der Waals surface area contributed by atoms with Crippen molar-refractivity contribution in [2.75, 3.05) is 12.0 Å². The van der Waals surface area contributed by atoms with E-state index in [0.717, 1.165) is 17.0 Å². The summed E-state index contributed by atoms with van der Waals surface area (Å²) in [5.74, 6) is 1.40. The molecule has 1 aromatic rings. The molecule has 0 heterocycles. The van der Waals surface area contributed by atoms with Crippen LogP contribution >= 0.6 is 11.8 Å². The Morgan fingerprint density at radius 3 is 2.80 bits per heavy atom. The summed E-state index contributed by atoms with van der Waals surface area (Å²) in [5, 5.41) is 0. The lowest BCUT2D eigenvalue weighted by Crippen LogP contribution is -2.13. The minimum Gasteiger partial charge on any atom is -0.386 e. The highest BCUT2D eigenvalue weighted by Crippen LogP contribution is 2.17. The smallest absolute Gasteiger partial charge is 0.110 e. The highest BCUT2D eigenvalue weighted by molar-refractivity contribution is 7.99. The highest BCUT2D eigenvalue weighted by Gasteiger charge is 1.98. The van der Waals surface area contributed by atoms with E-state index < -0.39 is 0 Å². The second-order valence-corrected chi connectivity index (χ2v) is 4.22. The number of amidine groups is 1. The zero-order valence-corrected chi connectivity index (χ0v) is 9.97. The first kappa shape index (κ1) is 12.1. The molecule has 0 aliphatic carbocycles. The van der Waals surface area contributed by atoms with Crippen molar-refractivity contribution in [3.05, 3.63) is 29.3 Å². The zero-order chi connectivity index (χ0) is 11.3. The molecule has 0 aliphatic heterocycles. The molecule has 0 radical (unpaired) electrons. The molecule has 1 rings (SSSR count). The van der Waals surface area contributed by atoms with Crippen LogP contribution in [0.3, 0.4) is 0 Å². The topological polar surface area (TPSA) is 64.4 Å². The molecule has 0 spiro atoms. The van der Waals surface area contributed by atoms with Gasteiger partial charge < -0.3 is 11.5 Å². The fraction of sp³-hybridized carbons (Fsp3) is 0.364. The van der Waals surface area contributed by atoms with Crippen LogP contribution in [-0.4, -0.2) is 17.8 Å². The molecule has 0 bridgehead atoms. The van der Waals surface area contributed by atoms with Gasteiger partial charge in [-0.15, -0.1) is 0 Å². The number of aliphatic imine (C=N–C) groups is 1. The molecule has 0 fully saturated rings. The highest BCUT2D eigenvalue weighted by atomic mass is 32.2. The van der Waals surface area contributed by atoms with Gasteiger partial charge in [0, 0.05) is 6.54 Å². The summed E-state index contributed by atoms with van der Waals surface area (Å²) in [4.78, 5) is 4.32. The lowest BCUT2D eigenvalue weighted by atomic mass is 10.1. The molecule has 0 unspecified atom stereocenters. The van der Waals surface area contributed by atoms with E-state index in [-0.39, 0.29) is 0 Å². The molecule has 0 amide bonds. The van der Waals surface area contributed by atoms with Crippen LogP contribution in [0, 0.1) is 6.92 Å². The van der Waals surface area contributed by atoms with Gasteiger partial charge >= 0.3 is 0 Å². The van der Waals surface area contributed by atoms with Gasteiger partial charge in [0.2, 0.25) is 0 Å². The van der Waals surface area contributed by atoms with E-state index in [1.165, 1.54) is 5.56 Å². The normalized spacial score (nSPS) is 11.8. The number of hydrogen-bond acceptors (Lipinski definition) is 3. The number of nitrogens with two attached hydrogens (primary N) is 2. The molecule has 0 saturated heterocycles. The molecule has 0 aromatic heterocycles. The van der Waals surface area contributed by atoms with E-state index in [0.29, 0.717) is 12.4 Å². The van der Waals surface area contributed by atoms with Crippen LogP contribution in [0.15, 0.2) is 23.2 Å². The lowest BCUT2D eigenvalue weighted by Gasteiger charge is -2.04. The first-order valence-electron chi connectivity index (χ1n) is 4.79. The molecular formula is C11H17N3S. The monoisotopic (exact) mass is 223 g/mol. The van der Waals surface area contributed by atoms with Crippen LogP contribution in [0.5, 0.6) is 0 Å². The summed E-state index contributed by atoms with van der Waals surface area (Å²) in [6, 6.07) is 5.97. The third-order valence-electron chi connectivity index (χ3n) is 2.12. The molecule has 15 heavy (non-hydrogen) atoms. The second-order valence-electron chi connectivity index (χ2n) is 3.35. The van der Waals surface area contributed by atoms with E-state index in [2.05, 4.69) is 4.99 Å². The number of rotatable bonds is 4. The van der Waals surface area contributed by atoms with Gasteiger partial charge in [0.15, 0.2) is 0 Å². The van der Waals surface area contributed by atoms with Crippen molar-refractivity contribution in [3.8, 4) is 0 Å². The summed E-state index contributed by atoms with van der Waals surface area (Å²) >= 11 is 1.66. The van der Waals surface area contributed by atoms with Crippen molar-refractivity contribution < 1.29 is 0 Å². The van der Waals surface area contributed by atoms with Gasteiger partial charge in [0.1, 0.15) is 5.84 Å². The van der Waals surface area contributed by atoms with Crippen LogP contribution in [-0.2, 0) is 6.54 Å². The van der Waals surface area contributed by atoms with Crippen molar-refractivity contribution in [3.63, 3.8) is 0 Å². The van der Waals surface area contributed by atoms with E-state index in [1.807, 2.05) is 31.4 Å². The number of aryl methyl sites for hydroxylation is 1. The number of benzene rings is 1. The van der Waals surface area contributed by atoms with Crippen molar-refractivity contribution in [1.29, 1.82) is 0 Å². The Morgan fingerprint density at radius 1 is 1.47 bits per heavy atom. The van der Waals surface area contributed by atoms with Gasteiger partial charge in [0.25, 0.3) is 0 Å². The maximum Gasteiger partial charge on any atom is 0.110 e. The Balaban J connectivity index is 2.91. The fourth-order valence-corrected chi connectivity index (χ4v) is 1.65. The maximum atomic E-state index is 5.74. The average Bonchev–Trinajstić information content (AvgIpc) is 2.21. The number of hydrogen-bond donors (Lipinski definition) is 2. The van der Waals surface area contributed by atoms with Crippen molar-refractivity contribution in [2.24, 2.45) is 16.5 Å². The van der Waals surface area contributed by atoms with Gasteiger partial charge in [0.05, 0.1) is 11.4 Å². The summed E-state index contributed by atoms with van der Waals surface area (Å²) in [5.41, 5.74) is 14.6. The molecule has 4 N–H and O–H groups in total. The molecule has 0 aliphatic rings. The quantitative estimate of drug-likeness (QED) is 0.604. The van der Waals surface area contributed by atoms with Gasteiger partial charge in [-0.05, 0) is 36.4 Å². The van der Waals surface area contributed by atoms with Gasteiger partial charge in [-0.3, -0.25) is 0 Å². The Hall–Kier alpha value is -1.00. The van der Waals surface area contributed by atoms with Crippen LogP contribution in [0.25, 0.3) is 0 Å². The predicted molar refractivity (Wildman–Crippen MR) is 68.7 cm³/mol. The summed E-state index contributed by atoms with van der Waals surface area (Å²) in [6.07, 6.45) is 2.00. The minimum atomic E-state index is 0.539. The molecular weight excluding hydrogens is 206 g/mol. The minimum absolute atomic E-state index is 0.539. The van der Waals surface area contributed by atoms with Gasteiger partial charge in [-0.25, -0.2) is 4.99 Å². The lowest BCUT2D eigenvalue weighted by molar-refractivity contribution is 1.05. The van der Waals surface area contributed by atoms with Crippen LogP contribution in [0.1, 0.15) is 11.1 Å². The first-order valence-corrected chi connectivity index (χ1v) is 6.18. The maximum absolute atomic E-state index is 5.74. The van der Waals surface area contributed by atoms with Crippen LogP contribution in [0.4, 0.5) is 5.69 Å². The molecule has 4 heteroatoms. The van der Waals surface area contributed by atoms with Gasteiger partial charge in [-0.2, -0.15) is 11.8 Å². The number of thioether (sulfide) groups is 1. The first-order chi connectivity index (χ1) is 7.17. The predicted octanol–water partition coefficient (Wildman–Crippen LogP) is 1.81. The van der Waals surface area contributed by atoms with E-state index in [4.69, 9.17) is 11.5 Å². The van der Waals surface area contributed by atoms with Crippen LogP contribution < -0.4 is 11.5 Å². The molecule has 0 atom stereocenters. The largest absolute Gasteiger partial charge is 0.386 e. The van der Waals surface area contributed by atoms with Crippen LogP contribution in [0.2, 0.25) is 0 Å². The Bertz CT molecular complexity index is 361. The van der Waals surface area contributed by atoms with E-state index in [9.17, 15) is 0 Å². The SMILES string of the molecule is CSCC(N)=Nc1ccc(C)c(CN)c1. The van der Waals surface area contributed by atoms with E-state index in [1.54, 1.807) is 11.8 Å². The third-order valence-corrected chi connectivity index (χ3v) is 2.70. The Labute approximate surface area is 95.0 Å². The summed E-state index contributed by atoms with van der Waals surface area (Å²) < 4.78 is 0. The fourth-order valence-electron chi connectivity index (χ4n) is 1.29. The Morgan fingerprint density at radius 2 is 2.20 bits per heavy atom. The number of nitrogens with zero attached hydrogens (tertiary/aromatic N) is 1. The summed E-state index contributed by atoms with van der Waals surface area (Å²) in [6.45, 7) is 2.58. The zero-order valence-electron chi connectivity index (χ0n) is 9.16. The third kappa shape index (κ3) is 3.57. The molecule has 3 nitrogen and oxygen atoms in total. The molecule has 1 aromatic carbocycles.